The molecule has 0 saturated carbocycles. The molecule has 5 nitrogen and oxygen atoms in total. The molecule has 0 aliphatic carbocycles. The van der Waals surface area contributed by atoms with E-state index in [0.29, 0.717) is 12.5 Å². The number of aromatic nitrogens is 2. The van der Waals surface area contributed by atoms with Gasteiger partial charge in [-0.25, -0.2) is 4.98 Å². The first-order valence-electron chi connectivity index (χ1n) is 6.78. The highest BCUT2D eigenvalue weighted by molar-refractivity contribution is 5.81. The summed E-state index contributed by atoms with van der Waals surface area (Å²) in [7, 11) is 1.67. The van der Waals surface area contributed by atoms with Crippen LogP contribution in [0.2, 0.25) is 0 Å². The van der Waals surface area contributed by atoms with Crippen LogP contribution >= 0.6 is 0 Å². The molecular weight excluding hydrogens is 240 g/mol. The summed E-state index contributed by atoms with van der Waals surface area (Å²) in [4.78, 5) is 16.0. The summed E-state index contributed by atoms with van der Waals surface area (Å²) in [5.41, 5.74) is 0.667. The lowest BCUT2D eigenvalue weighted by molar-refractivity contribution is -0.129. The van der Waals surface area contributed by atoms with Gasteiger partial charge in [0.25, 0.3) is 0 Å². The van der Waals surface area contributed by atoms with E-state index in [9.17, 15) is 4.79 Å². The van der Waals surface area contributed by atoms with Crippen molar-refractivity contribution < 1.29 is 4.79 Å². The van der Waals surface area contributed by atoms with Crippen LogP contribution in [0, 0.1) is 11.3 Å². The van der Waals surface area contributed by atoms with Crippen molar-refractivity contribution in [3.8, 4) is 0 Å². The van der Waals surface area contributed by atoms with Gasteiger partial charge in [-0.2, -0.15) is 0 Å². The van der Waals surface area contributed by atoms with Crippen LogP contribution in [0.1, 0.15) is 33.4 Å². The molecule has 2 N–H and O–H groups in total. The van der Waals surface area contributed by atoms with Crippen LogP contribution in [0.3, 0.4) is 0 Å². The van der Waals surface area contributed by atoms with Crippen LogP contribution in [-0.2, 0) is 17.9 Å². The topological polar surface area (TPSA) is 59.0 Å². The lowest BCUT2D eigenvalue weighted by atomic mass is 9.92. The molecule has 5 heteroatoms. The highest BCUT2D eigenvalue weighted by atomic mass is 16.2. The van der Waals surface area contributed by atoms with Gasteiger partial charge in [-0.15, -0.1) is 0 Å². The van der Waals surface area contributed by atoms with E-state index >= 15 is 0 Å². The maximum absolute atomic E-state index is 11.8. The van der Waals surface area contributed by atoms with Crippen molar-refractivity contribution in [1.29, 1.82) is 0 Å². The zero-order valence-electron chi connectivity index (χ0n) is 12.7. The van der Waals surface area contributed by atoms with E-state index in [0.717, 1.165) is 18.8 Å². The van der Waals surface area contributed by atoms with E-state index in [1.54, 1.807) is 13.4 Å². The minimum absolute atomic E-state index is 0.0438. The van der Waals surface area contributed by atoms with E-state index < -0.39 is 5.41 Å². The fraction of sp³-hybridized carbons (Fsp3) is 0.714. The maximum atomic E-state index is 11.8. The van der Waals surface area contributed by atoms with Gasteiger partial charge in [0.05, 0.1) is 17.4 Å². The van der Waals surface area contributed by atoms with Crippen LogP contribution in [0.25, 0.3) is 0 Å². The van der Waals surface area contributed by atoms with Crippen molar-refractivity contribution in [2.75, 3.05) is 13.6 Å². The van der Waals surface area contributed by atoms with Crippen LogP contribution in [0.15, 0.2) is 12.5 Å². The Balaban J connectivity index is 2.64. The van der Waals surface area contributed by atoms with Gasteiger partial charge in [0.1, 0.15) is 0 Å². The fourth-order valence-electron chi connectivity index (χ4n) is 1.96. The summed E-state index contributed by atoms with van der Waals surface area (Å²) in [6.45, 7) is 10.6. The molecule has 1 amide bonds. The zero-order valence-corrected chi connectivity index (χ0v) is 12.7. The number of nitrogens with zero attached hydrogens (tertiary/aromatic N) is 2. The normalized spacial score (nSPS) is 11.9. The summed E-state index contributed by atoms with van der Waals surface area (Å²) in [5.74, 6) is 0.668. The highest BCUT2D eigenvalue weighted by Crippen LogP contribution is 2.19. The van der Waals surface area contributed by atoms with Gasteiger partial charge in [0, 0.05) is 26.3 Å². The zero-order chi connectivity index (χ0) is 14.5. The first kappa shape index (κ1) is 15.7. The molecule has 0 bridgehead atoms. The second-order valence-electron chi connectivity index (χ2n) is 6.00. The monoisotopic (exact) mass is 266 g/mol. The van der Waals surface area contributed by atoms with E-state index in [4.69, 9.17) is 0 Å². The Morgan fingerprint density at radius 3 is 2.74 bits per heavy atom. The Morgan fingerprint density at radius 1 is 1.47 bits per heavy atom. The largest absolute Gasteiger partial charge is 0.359 e. The number of nitrogens with one attached hydrogen (secondary N) is 2. The van der Waals surface area contributed by atoms with Crippen LogP contribution in [0.5, 0.6) is 0 Å². The standard InChI is InChI=1S/C14H26N4O/c1-11(2)6-16-7-12-8-17-10-18(12)9-14(3,4)13(19)15-5/h8,10-11,16H,6-7,9H2,1-5H3,(H,15,19). The van der Waals surface area contributed by atoms with Crippen LogP contribution < -0.4 is 10.6 Å². The summed E-state index contributed by atoms with van der Waals surface area (Å²) >= 11 is 0. The maximum Gasteiger partial charge on any atom is 0.227 e. The average Bonchev–Trinajstić information content (AvgIpc) is 2.74. The Hall–Kier alpha value is -1.36. The Kier molecular flexibility index (Phi) is 5.54. The van der Waals surface area contributed by atoms with Crippen molar-refractivity contribution in [2.45, 2.75) is 40.8 Å². The smallest absolute Gasteiger partial charge is 0.227 e. The van der Waals surface area contributed by atoms with E-state index in [-0.39, 0.29) is 5.91 Å². The predicted molar refractivity (Wildman–Crippen MR) is 76.6 cm³/mol. The van der Waals surface area contributed by atoms with E-state index in [1.165, 1.54) is 0 Å². The SMILES string of the molecule is CNC(=O)C(C)(C)Cn1cncc1CNCC(C)C. The molecule has 1 aromatic rings. The molecule has 1 aromatic heterocycles. The lowest BCUT2D eigenvalue weighted by Gasteiger charge is -2.24. The molecule has 0 unspecified atom stereocenters. The number of hydrogen-bond acceptors (Lipinski definition) is 3. The van der Waals surface area contributed by atoms with Gasteiger partial charge >= 0.3 is 0 Å². The molecule has 0 aliphatic heterocycles. The van der Waals surface area contributed by atoms with Crippen molar-refractivity contribution in [3.05, 3.63) is 18.2 Å². The predicted octanol–water partition coefficient (Wildman–Crippen LogP) is 1.40. The third-order valence-electron chi connectivity index (χ3n) is 3.06. The Bertz CT molecular complexity index is 409. The van der Waals surface area contributed by atoms with Gasteiger partial charge in [0.15, 0.2) is 0 Å². The molecule has 0 aliphatic rings. The molecule has 0 fully saturated rings. The number of carbonyl (C=O) groups excluding carboxylic acids is 1. The summed E-state index contributed by atoms with van der Waals surface area (Å²) in [6.07, 6.45) is 3.64. The van der Waals surface area contributed by atoms with Crippen LogP contribution in [-0.4, -0.2) is 29.1 Å². The second-order valence-corrected chi connectivity index (χ2v) is 6.00. The van der Waals surface area contributed by atoms with E-state index in [2.05, 4.69) is 29.5 Å². The summed E-state index contributed by atoms with van der Waals surface area (Å²) < 4.78 is 2.04. The van der Waals surface area contributed by atoms with Crippen LogP contribution in [0.4, 0.5) is 0 Å². The minimum Gasteiger partial charge on any atom is -0.359 e. The first-order chi connectivity index (χ1) is 8.86. The third kappa shape index (κ3) is 4.67. The van der Waals surface area contributed by atoms with Gasteiger partial charge in [0.2, 0.25) is 5.91 Å². The number of hydrogen-bond donors (Lipinski definition) is 2. The molecule has 19 heavy (non-hydrogen) atoms. The molecule has 1 heterocycles. The number of rotatable bonds is 7. The fourth-order valence-corrected chi connectivity index (χ4v) is 1.96. The quantitative estimate of drug-likeness (QED) is 0.784. The molecule has 1 rings (SSSR count). The molecule has 0 saturated heterocycles. The van der Waals surface area contributed by atoms with Gasteiger partial charge < -0.3 is 15.2 Å². The summed E-state index contributed by atoms with van der Waals surface area (Å²) in [5, 5.41) is 6.10. The third-order valence-corrected chi connectivity index (χ3v) is 3.06. The minimum atomic E-state index is -0.442. The van der Waals surface area contributed by atoms with Crippen molar-refractivity contribution >= 4 is 5.91 Å². The average molecular weight is 266 g/mol. The molecule has 0 radical (unpaired) electrons. The summed E-state index contributed by atoms with van der Waals surface area (Å²) in [6, 6.07) is 0. The van der Waals surface area contributed by atoms with Crippen molar-refractivity contribution in [2.24, 2.45) is 11.3 Å². The Labute approximate surface area is 115 Å². The molecule has 0 spiro atoms. The second kappa shape index (κ2) is 6.70. The van der Waals surface area contributed by atoms with Crippen molar-refractivity contribution in [3.63, 3.8) is 0 Å². The molecular formula is C14H26N4O. The lowest BCUT2D eigenvalue weighted by Crippen LogP contribution is -2.38. The Morgan fingerprint density at radius 2 is 2.16 bits per heavy atom. The highest BCUT2D eigenvalue weighted by Gasteiger charge is 2.27. The number of carbonyl (C=O) groups is 1. The van der Waals surface area contributed by atoms with Gasteiger partial charge in [-0.3, -0.25) is 4.79 Å². The molecule has 108 valence electrons. The number of amides is 1. The molecule has 0 atom stereocenters. The van der Waals surface area contributed by atoms with Gasteiger partial charge in [-0.05, 0) is 26.3 Å². The van der Waals surface area contributed by atoms with Gasteiger partial charge in [-0.1, -0.05) is 13.8 Å². The van der Waals surface area contributed by atoms with Crippen molar-refractivity contribution in [1.82, 2.24) is 20.2 Å². The molecule has 0 aromatic carbocycles. The number of imidazole rings is 1. The van der Waals surface area contributed by atoms with E-state index in [1.807, 2.05) is 24.6 Å². The first-order valence-corrected chi connectivity index (χ1v) is 6.78.